The second-order valence-electron chi connectivity index (χ2n) is 4.80. The third-order valence-electron chi connectivity index (χ3n) is 3.11. The maximum Gasteiger partial charge on any atom is 0.119 e. The summed E-state index contributed by atoms with van der Waals surface area (Å²) in [6.45, 7) is 3.86. The summed E-state index contributed by atoms with van der Waals surface area (Å²) in [6, 6.07) is 8.49. The first kappa shape index (κ1) is 15.0. The normalized spacial score (nSPS) is 10.6. The minimum Gasteiger partial charge on any atom is -0.494 e. The van der Waals surface area contributed by atoms with E-state index in [1.807, 2.05) is 0 Å². The quantitative estimate of drug-likeness (QED) is 0.638. The summed E-state index contributed by atoms with van der Waals surface area (Å²) in [4.78, 5) is 0. The Morgan fingerprint density at radius 1 is 0.944 bits per heavy atom. The summed E-state index contributed by atoms with van der Waals surface area (Å²) < 4.78 is 5.71. The van der Waals surface area contributed by atoms with Crippen LogP contribution in [0.2, 0.25) is 0 Å². The maximum atomic E-state index is 5.71. The van der Waals surface area contributed by atoms with E-state index in [0.29, 0.717) is 0 Å². The Hall–Kier alpha value is -1.02. The minimum atomic E-state index is 0.791. The number of rotatable bonds is 10. The van der Waals surface area contributed by atoms with Gasteiger partial charge in [-0.25, -0.2) is 0 Å². The molecule has 0 saturated carbocycles. The number of aryl methyl sites for hydroxylation is 1. The number of benzene rings is 1. The number of unbranched alkanes of at least 4 members (excludes halogenated alkanes) is 4. The Balaban J connectivity index is 2.19. The molecule has 1 aromatic rings. The lowest BCUT2D eigenvalue weighted by Gasteiger charge is -2.07. The van der Waals surface area contributed by atoms with E-state index in [9.17, 15) is 0 Å². The Kier molecular flexibility index (Phi) is 8.32. The van der Waals surface area contributed by atoms with Gasteiger partial charge in [0.25, 0.3) is 0 Å². The lowest BCUT2D eigenvalue weighted by atomic mass is 10.1. The summed E-state index contributed by atoms with van der Waals surface area (Å²) in [7, 11) is 0. The van der Waals surface area contributed by atoms with Crippen molar-refractivity contribution in [1.29, 1.82) is 0 Å². The lowest BCUT2D eigenvalue weighted by Crippen LogP contribution is -1.99. The second kappa shape index (κ2) is 9.95. The van der Waals surface area contributed by atoms with Crippen LogP contribution in [0, 0.1) is 0 Å². The van der Waals surface area contributed by atoms with Gasteiger partial charge >= 0.3 is 0 Å². The first-order valence-corrected chi connectivity index (χ1v) is 7.28. The molecule has 0 aliphatic heterocycles. The molecule has 0 amide bonds. The van der Waals surface area contributed by atoms with E-state index in [0.717, 1.165) is 38.2 Å². The van der Waals surface area contributed by atoms with Gasteiger partial charge in [0.2, 0.25) is 0 Å². The summed E-state index contributed by atoms with van der Waals surface area (Å²) in [5, 5.41) is 0. The van der Waals surface area contributed by atoms with Crippen LogP contribution < -0.4 is 10.5 Å². The molecule has 0 aliphatic rings. The van der Waals surface area contributed by atoms with Gasteiger partial charge < -0.3 is 10.5 Å². The Morgan fingerprint density at radius 2 is 1.72 bits per heavy atom. The second-order valence-corrected chi connectivity index (χ2v) is 4.80. The van der Waals surface area contributed by atoms with Crippen molar-refractivity contribution < 1.29 is 4.74 Å². The smallest absolute Gasteiger partial charge is 0.119 e. The van der Waals surface area contributed by atoms with Crippen molar-refractivity contribution in [3.63, 3.8) is 0 Å². The molecule has 1 aromatic carbocycles. The Bertz CT molecular complexity index is 294. The zero-order chi connectivity index (χ0) is 13.1. The fourth-order valence-corrected chi connectivity index (χ4v) is 1.94. The van der Waals surface area contributed by atoms with Gasteiger partial charge in [-0.3, -0.25) is 0 Å². The summed E-state index contributed by atoms with van der Waals surface area (Å²) in [6.07, 6.45) is 8.41. The number of hydrogen-bond acceptors (Lipinski definition) is 2. The SMILES string of the molecule is CCCCCCOc1ccc(CCCCN)cc1. The standard InChI is InChI=1S/C16H27NO/c1-2-3-4-7-14-18-16-11-9-15(10-12-16)8-5-6-13-17/h9-12H,2-8,13-14,17H2,1H3. The van der Waals surface area contributed by atoms with Gasteiger partial charge in [0.1, 0.15) is 5.75 Å². The molecule has 0 radical (unpaired) electrons. The first-order valence-electron chi connectivity index (χ1n) is 7.28. The maximum absolute atomic E-state index is 5.71. The van der Waals surface area contributed by atoms with Crippen molar-refractivity contribution in [2.75, 3.05) is 13.2 Å². The Morgan fingerprint density at radius 3 is 2.39 bits per heavy atom. The van der Waals surface area contributed by atoms with Crippen LogP contribution in [0.5, 0.6) is 5.75 Å². The van der Waals surface area contributed by atoms with Crippen LogP contribution in [-0.2, 0) is 6.42 Å². The summed E-state index contributed by atoms with van der Waals surface area (Å²) in [5.41, 5.74) is 6.86. The van der Waals surface area contributed by atoms with Crippen molar-refractivity contribution in [3.8, 4) is 5.75 Å². The third kappa shape index (κ3) is 6.65. The minimum absolute atomic E-state index is 0.791. The van der Waals surface area contributed by atoms with Crippen molar-refractivity contribution >= 4 is 0 Å². The monoisotopic (exact) mass is 249 g/mol. The number of ether oxygens (including phenoxy) is 1. The van der Waals surface area contributed by atoms with E-state index >= 15 is 0 Å². The van der Waals surface area contributed by atoms with E-state index < -0.39 is 0 Å². The summed E-state index contributed by atoms with van der Waals surface area (Å²) in [5.74, 6) is 0.995. The van der Waals surface area contributed by atoms with Gasteiger partial charge in [-0.05, 0) is 49.9 Å². The van der Waals surface area contributed by atoms with Crippen LogP contribution in [0.25, 0.3) is 0 Å². The van der Waals surface area contributed by atoms with Gasteiger partial charge in [-0.2, -0.15) is 0 Å². The highest BCUT2D eigenvalue weighted by molar-refractivity contribution is 5.27. The van der Waals surface area contributed by atoms with E-state index in [4.69, 9.17) is 10.5 Å². The molecule has 0 aliphatic carbocycles. The van der Waals surface area contributed by atoms with E-state index in [1.165, 1.54) is 31.2 Å². The topological polar surface area (TPSA) is 35.2 Å². The van der Waals surface area contributed by atoms with Crippen LogP contribution in [-0.4, -0.2) is 13.2 Å². The molecule has 0 bridgehead atoms. The molecule has 0 unspecified atom stereocenters. The molecule has 18 heavy (non-hydrogen) atoms. The molecule has 0 saturated heterocycles. The predicted octanol–water partition coefficient (Wildman–Crippen LogP) is 3.93. The van der Waals surface area contributed by atoms with Gasteiger partial charge in [-0.1, -0.05) is 38.3 Å². The Labute approximate surface area is 112 Å². The number of hydrogen-bond donors (Lipinski definition) is 1. The van der Waals surface area contributed by atoms with E-state index in [1.54, 1.807) is 0 Å². The molecular formula is C16H27NO. The highest BCUT2D eigenvalue weighted by atomic mass is 16.5. The van der Waals surface area contributed by atoms with Gasteiger partial charge in [0.15, 0.2) is 0 Å². The zero-order valence-electron chi connectivity index (χ0n) is 11.7. The molecule has 102 valence electrons. The van der Waals surface area contributed by atoms with Crippen LogP contribution in [0.3, 0.4) is 0 Å². The van der Waals surface area contributed by atoms with Gasteiger partial charge in [0.05, 0.1) is 6.61 Å². The van der Waals surface area contributed by atoms with Crippen molar-refractivity contribution in [2.45, 2.75) is 51.9 Å². The average Bonchev–Trinajstić information content (AvgIpc) is 2.40. The van der Waals surface area contributed by atoms with E-state index in [-0.39, 0.29) is 0 Å². The highest BCUT2D eigenvalue weighted by Gasteiger charge is 1.96. The van der Waals surface area contributed by atoms with Crippen LogP contribution in [0.15, 0.2) is 24.3 Å². The summed E-state index contributed by atoms with van der Waals surface area (Å²) >= 11 is 0. The van der Waals surface area contributed by atoms with Gasteiger partial charge in [0, 0.05) is 0 Å². The average molecular weight is 249 g/mol. The van der Waals surface area contributed by atoms with Crippen LogP contribution >= 0.6 is 0 Å². The zero-order valence-corrected chi connectivity index (χ0v) is 11.7. The molecule has 1 rings (SSSR count). The van der Waals surface area contributed by atoms with Crippen LogP contribution in [0.4, 0.5) is 0 Å². The predicted molar refractivity (Wildman–Crippen MR) is 78.1 cm³/mol. The third-order valence-corrected chi connectivity index (χ3v) is 3.11. The molecule has 0 aromatic heterocycles. The molecule has 0 spiro atoms. The lowest BCUT2D eigenvalue weighted by molar-refractivity contribution is 0.305. The number of nitrogens with two attached hydrogens (primary N) is 1. The van der Waals surface area contributed by atoms with Crippen LogP contribution in [0.1, 0.15) is 51.0 Å². The van der Waals surface area contributed by atoms with Gasteiger partial charge in [-0.15, -0.1) is 0 Å². The molecule has 2 heteroatoms. The molecule has 2 nitrogen and oxygen atoms in total. The molecule has 0 fully saturated rings. The fourth-order valence-electron chi connectivity index (χ4n) is 1.94. The van der Waals surface area contributed by atoms with Crippen molar-refractivity contribution in [1.82, 2.24) is 0 Å². The van der Waals surface area contributed by atoms with E-state index in [2.05, 4.69) is 31.2 Å². The molecule has 0 atom stereocenters. The van der Waals surface area contributed by atoms with Crippen molar-refractivity contribution in [2.24, 2.45) is 5.73 Å². The largest absolute Gasteiger partial charge is 0.494 e. The fraction of sp³-hybridized carbons (Fsp3) is 0.625. The van der Waals surface area contributed by atoms with Crippen molar-refractivity contribution in [3.05, 3.63) is 29.8 Å². The molecule has 2 N–H and O–H groups in total. The molecule has 0 heterocycles. The highest BCUT2D eigenvalue weighted by Crippen LogP contribution is 2.14. The first-order chi connectivity index (χ1) is 8.86. The molecular weight excluding hydrogens is 222 g/mol.